The Morgan fingerprint density at radius 1 is 1.22 bits per heavy atom. The molecule has 8 nitrogen and oxygen atoms in total. The topological polar surface area (TPSA) is 104 Å². The molecule has 0 fully saturated rings. The van der Waals surface area contributed by atoms with E-state index in [0.29, 0.717) is 35.1 Å². The summed E-state index contributed by atoms with van der Waals surface area (Å²) in [5.74, 6) is 1.95. The van der Waals surface area contributed by atoms with Crippen LogP contribution < -0.4 is 14.2 Å². The smallest absolute Gasteiger partial charge is 0.274 e. The normalized spacial score (nSPS) is 16.6. The fourth-order valence-corrected chi connectivity index (χ4v) is 4.14. The van der Waals surface area contributed by atoms with Crippen molar-refractivity contribution in [3.63, 3.8) is 0 Å². The predicted molar refractivity (Wildman–Crippen MR) is 95.2 cm³/mol. The zero-order valence-corrected chi connectivity index (χ0v) is 15.6. The van der Waals surface area contributed by atoms with E-state index < -0.39 is 16.1 Å². The number of hydrogen-bond donors (Lipinski definition) is 1. The minimum atomic E-state index is -3.85. The Bertz CT molecular complexity index is 1070. The van der Waals surface area contributed by atoms with Crippen molar-refractivity contribution < 1.29 is 26.8 Å². The zero-order valence-electron chi connectivity index (χ0n) is 14.8. The quantitative estimate of drug-likeness (QED) is 0.714. The highest BCUT2D eigenvalue weighted by Crippen LogP contribution is 2.35. The van der Waals surface area contributed by atoms with Crippen LogP contribution in [0.15, 0.2) is 50.4 Å². The highest BCUT2D eigenvalue weighted by atomic mass is 32.2. The number of sulfonamides is 1. The Kier molecular flexibility index (Phi) is 4.40. The van der Waals surface area contributed by atoms with E-state index in [1.807, 2.05) is 12.1 Å². The molecule has 0 radical (unpaired) electrons. The monoisotopic (exact) mass is 390 g/mol. The van der Waals surface area contributed by atoms with Crippen LogP contribution in [0.5, 0.6) is 11.5 Å². The summed E-state index contributed by atoms with van der Waals surface area (Å²) in [6, 6.07) is 9.70. The number of hydrogen-bond acceptors (Lipinski definition) is 7. The van der Waals surface area contributed by atoms with Crippen LogP contribution in [0.3, 0.4) is 0 Å². The lowest BCUT2D eigenvalue weighted by molar-refractivity contribution is 0.240. The van der Waals surface area contributed by atoms with Gasteiger partial charge in [-0.05, 0) is 37.1 Å². The Morgan fingerprint density at radius 3 is 2.81 bits per heavy atom. The molecule has 3 heterocycles. The summed E-state index contributed by atoms with van der Waals surface area (Å²) in [6.07, 6.45) is 0.487. The Hall–Kier alpha value is -2.78. The molecule has 1 aliphatic rings. The van der Waals surface area contributed by atoms with Crippen molar-refractivity contribution in [2.75, 3.05) is 13.7 Å². The first kappa shape index (κ1) is 17.6. The number of nitrogens with zero attached hydrogens (tertiary/aromatic N) is 1. The minimum Gasteiger partial charge on any atom is -0.493 e. The lowest BCUT2D eigenvalue weighted by atomic mass is 10.0. The molecule has 0 bridgehead atoms. The number of furan rings is 1. The maximum atomic E-state index is 12.7. The highest BCUT2D eigenvalue weighted by Gasteiger charge is 2.29. The summed E-state index contributed by atoms with van der Waals surface area (Å²) in [6.45, 7) is 1.96. The Balaban J connectivity index is 1.51. The largest absolute Gasteiger partial charge is 0.493 e. The third-order valence-electron chi connectivity index (χ3n) is 4.21. The minimum absolute atomic E-state index is 0.192. The van der Waals surface area contributed by atoms with Crippen molar-refractivity contribution in [3.8, 4) is 23.0 Å². The molecule has 1 aromatic carbocycles. The SMILES string of the molecule is COc1cccc2c1OCC(NS(=O)(=O)c1ccc(-c3cc(C)no3)o1)C2. The summed E-state index contributed by atoms with van der Waals surface area (Å²) >= 11 is 0. The van der Waals surface area contributed by atoms with Gasteiger partial charge in [0.05, 0.1) is 18.8 Å². The van der Waals surface area contributed by atoms with E-state index in [1.54, 1.807) is 26.2 Å². The van der Waals surface area contributed by atoms with Gasteiger partial charge in [0, 0.05) is 6.07 Å². The molecule has 0 aliphatic carbocycles. The van der Waals surface area contributed by atoms with Crippen LogP contribution in [0.2, 0.25) is 0 Å². The third kappa shape index (κ3) is 3.43. The molecule has 1 atom stereocenters. The maximum Gasteiger partial charge on any atom is 0.274 e. The molecular weight excluding hydrogens is 372 g/mol. The average molecular weight is 390 g/mol. The number of rotatable bonds is 5. The van der Waals surface area contributed by atoms with Gasteiger partial charge in [-0.15, -0.1) is 0 Å². The van der Waals surface area contributed by atoms with Gasteiger partial charge in [0.15, 0.2) is 17.3 Å². The molecule has 142 valence electrons. The highest BCUT2D eigenvalue weighted by molar-refractivity contribution is 7.89. The molecule has 9 heteroatoms. The fourth-order valence-electron chi connectivity index (χ4n) is 2.98. The summed E-state index contributed by atoms with van der Waals surface area (Å²) in [5, 5.41) is 3.57. The molecule has 0 amide bonds. The fraction of sp³-hybridized carbons (Fsp3) is 0.278. The number of para-hydroxylation sites is 1. The van der Waals surface area contributed by atoms with Crippen molar-refractivity contribution in [1.29, 1.82) is 0 Å². The second-order valence-electron chi connectivity index (χ2n) is 6.23. The van der Waals surface area contributed by atoms with Crippen molar-refractivity contribution in [3.05, 3.63) is 47.7 Å². The van der Waals surface area contributed by atoms with Gasteiger partial charge in [0.1, 0.15) is 6.61 Å². The summed E-state index contributed by atoms with van der Waals surface area (Å²) in [5.41, 5.74) is 1.56. The molecule has 1 aliphatic heterocycles. The van der Waals surface area contributed by atoms with Crippen molar-refractivity contribution in [2.45, 2.75) is 24.5 Å². The molecule has 4 rings (SSSR count). The molecule has 1 unspecified atom stereocenters. The van der Waals surface area contributed by atoms with E-state index in [0.717, 1.165) is 5.56 Å². The van der Waals surface area contributed by atoms with E-state index in [1.165, 1.54) is 12.1 Å². The van der Waals surface area contributed by atoms with Crippen LogP contribution in [0.25, 0.3) is 11.5 Å². The first-order valence-electron chi connectivity index (χ1n) is 8.31. The van der Waals surface area contributed by atoms with Crippen LogP contribution in [0.1, 0.15) is 11.3 Å². The van der Waals surface area contributed by atoms with Crippen LogP contribution in [-0.2, 0) is 16.4 Å². The standard InChI is InChI=1S/C18H18N2O6S/c1-11-8-16(26-19-11)14-6-7-17(25-14)27(21,22)20-13-9-12-4-3-5-15(23-2)18(12)24-10-13/h3-8,13,20H,9-10H2,1-2H3. The van der Waals surface area contributed by atoms with E-state index in [-0.39, 0.29) is 11.7 Å². The predicted octanol–water partition coefficient (Wildman–Crippen LogP) is 2.53. The van der Waals surface area contributed by atoms with Crippen molar-refractivity contribution >= 4 is 10.0 Å². The van der Waals surface area contributed by atoms with Crippen LogP contribution in [0, 0.1) is 6.92 Å². The number of aromatic nitrogens is 1. The van der Waals surface area contributed by atoms with Gasteiger partial charge in [0.2, 0.25) is 10.9 Å². The first-order valence-corrected chi connectivity index (χ1v) is 9.79. The lowest BCUT2D eigenvalue weighted by Crippen LogP contribution is -2.42. The van der Waals surface area contributed by atoms with Gasteiger partial charge in [-0.1, -0.05) is 17.3 Å². The Labute approximate surface area is 156 Å². The summed E-state index contributed by atoms with van der Waals surface area (Å²) in [7, 11) is -2.28. The molecule has 2 aromatic heterocycles. The van der Waals surface area contributed by atoms with E-state index in [9.17, 15) is 8.42 Å². The molecule has 1 N–H and O–H groups in total. The van der Waals surface area contributed by atoms with Crippen LogP contribution in [0.4, 0.5) is 0 Å². The molecule has 3 aromatic rings. The number of nitrogens with one attached hydrogen (secondary N) is 1. The van der Waals surface area contributed by atoms with Gasteiger partial charge in [0.25, 0.3) is 10.0 Å². The molecular formula is C18H18N2O6S. The van der Waals surface area contributed by atoms with Gasteiger partial charge < -0.3 is 18.4 Å². The van der Waals surface area contributed by atoms with Crippen molar-refractivity contribution in [2.24, 2.45) is 0 Å². The number of fused-ring (bicyclic) bond motifs is 1. The maximum absolute atomic E-state index is 12.7. The summed E-state index contributed by atoms with van der Waals surface area (Å²) in [4.78, 5) is 0. The van der Waals surface area contributed by atoms with Crippen LogP contribution in [-0.4, -0.2) is 33.3 Å². The Morgan fingerprint density at radius 2 is 2.07 bits per heavy atom. The number of methoxy groups -OCH3 is 1. The first-order chi connectivity index (χ1) is 13.0. The van der Waals surface area contributed by atoms with E-state index >= 15 is 0 Å². The number of ether oxygens (including phenoxy) is 2. The number of aryl methyl sites for hydroxylation is 1. The van der Waals surface area contributed by atoms with E-state index in [4.69, 9.17) is 18.4 Å². The second-order valence-corrected chi connectivity index (χ2v) is 7.88. The average Bonchev–Trinajstić information content (AvgIpc) is 3.30. The third-order valence-corrected chi connectivity index (χ3v) is 5.61. The van der Waals surface area contributed by atoms with Gasteiger partial charge in [-0.2, -0.15) is 0 Å². The van der Waals surface area contributed by atoms with Crippen molar-refractivity contribution in [1.82, 2.24) is 9.88 Å². The van der Waals surface area contributed by atoms with Gasteiger partial charge >= 0.3 is 0 Å². The lowest BCUT2D eigenvalue weighted by Gasteiger charge is -2.26. The molecule has 0 spiro atoms. The molecule has 0 saturated carbocycles. The molecule has 0 saturated heterocycles. The zero-order chi connectivity index (χ0) is 19.0. The van der Waals surface area contributed by atoms with Crippen LogP contribution >= 0.6 is 0 Å². The van der Waals surface area contributed by atoms with Gasteiger partial charge in [-0.3, -0.25) is 0 Å². The molecule has 27 heavy (non-hydrogen) atoms. The number of benzene rings is 1. The van der Waals surface area contributed by atoms with Gasteiger partial charge in [-0.25, -0.2) is 13.1 Å². The van der Waals surface area contributed by atoms with E-state index in [2.05, 4.69) is 9.88 Å². The summed E-state index contributed by atoms with van der Waals surface area (Å²) < 4.78 is 49.5. The second kappa shape index (κ2) is 6.75.